The molecule has 80 valence electrons. The zero-order valence-electron chi connectivity index (χ0n) is 9.18. The van der Waals surface area contributed by atoms with E-state index >= 15 is 0 Å². The van der Waals surface area contributed by atoms with Crippen molar-refractivity contribution in [3.05, 3.63) is 12.7 Å². The Morgan fingerprint density at radius 3 is 2.57 bits per heavy atom. The molecule has 0 aromatic heterocycles. The molecule has 0 unspecified atom stereocenters. The molecular weight excluding hydrogens is 176 g/mol. The van der Waals surface area contributed by atoms with Crippen molar-refractivity contribution in [2.45, 2.75) is 31.7 Å². The molecule has 14 heavy (non-hydrogen) atoms. The zero-order valence-corrected chi connectivity index (χ0v) is 9.18. The Morgan fingerprint density at radius 1 is 1.57 bits per heavy atom. The fourth-order valence-corrected chi connectivity index (χ4v) is 1.75. The molecule has 0 aliphatic carbocycles. The maximum Gasteiger partial charge on any atom is 0.226 e. The van der Waals surface area contributed by atoms with Crippen molar-refractivity contribution in [2.24, 2.45) is 0 Å². The monoisotopic (exact) mass is 196 g/mol. The van der Waals surface area contributed by atoms with Crippen molar-refractivity contribution in [1.82, 2.24) is 10.2 Å². The molecule has 1 aliphatic rings. The van der Waals surface area contributed by atoms with E-state index in [1.807, 2.05) is 11.9 Å². The van der Waals surface area contributed by atoms with Gasteiger partial charge >= 0.3 is 0 Å². The van der Waals surface area contributed by atoms with Gasteiger partial charge in [-0.25, -0.2) is 0 Å². The summed E-state index contributed by atoms with van der Waals surface area (Å²) in [6.45, 7) is 7.52. The minimum absolute atomic E-state index is 0.207. The van der Waals surface area contributed by atoms with E-state index in [4.69, 9.17) is 0 Å². The summed E-state index contributed by atoms with van der Waals surface area (Å²) in [6.07, 6.45) is 4.21. The van der Waals surface area contributed by atoms with Gasteiger partial charge in [-0.05, 0) is 26.8 Å². The van der Waals surface area contributed by atoms with Crippen LogP contribution in [0.3, 0.4) is 0 Å². The zero-order chi connectivity index (χ0) is 10.6. The van der Waals surface area contributed by atoms with Gasteiger partial charge < -0.3 is 10.2 Å². The summed E-state index contributed by atoms with van der Waals surface area (Å²) in [5, 5.41) is 3.31. The lowest BCUT2D eigenvalue weighted by atomic mass is 9.90. The number of nitrogens with zero attached hydrogens (tertiary/aromatic N) is 1. The molecule has 3 nitrogen and oxygen atoms in total. The minimum Gasteiger partial charge on any atom is -0.342 e. The van der Waals surface area contributed by atoms with Gasteiger partial charge in [-0.15, -0.1) is 6.58 Å². The molecule has 0 aromatic carbocycles. The van der Waals surface area contributed by atoms with E-state index in [1.165, 1.54) is 0 Å². The van der Waals surface area contributed by atoms with Gasteiger partial charge in [0.25, 0.3) is 0 Å². The third kappa shape index (κ3) is 2.58. The number of likely N-dealkylation sites (tertiary alicyclic amines) is 1. The van der Waals surface area contributed by atoms with Crippen LogP contribution in [0.5, 0.6) is 0 Å². The number of piperidine rings is 1. The molecular formula is C11H20N2O. The highest BCUT2D eigenvalue weighted by Gasteiger charge is 2.29. The molecule has 0 spiro atoms. The molecule has 1 heterocycles. The summed E-state index contributed by atoms with van der Waals surface area (Å²) < 4.78 is 0. The lowest BCUT2D eigenvalue weighted by Gasteiger charge is -2.39. The molecule has 0 atom stereocenters. The molecule has 0 aromatic rings. The largest absolute Gasteiger partial charge is 0.342 e. The van der Waals surface area contributed by atoms with Crippen molar-refractivity contribution in [2.75, 3.05) is 20.1 Å². The molecule has 0 saturated carbocycles. The molecule has 1 rings (SSSR count). The van der Waals surface area contributed by atoms with E-state index in [-0.39, 0.29) is 11.4 Å². The Morgan fingerprint density at radius 2 is 2.14 bits per heavy atom. The van der Waals surface area contributed by atoms with Crippen LogP contribution in [0.15, 0.2) is 12.7 Å². The quantitative estimate of drug-likeness (QED) is 0.687. The highest BCUT2D eigenvalue weighted by molar-refractivity contribution is 5.77. The van der Waals surface area contributed by atoms with Crippen molar-refractivity contribution in [1.29, 1.82) is 0 Å². The standard InChI is InChI=1S/C11H20N2O/c1-4-5-10(14)13-8-6-11(2,12-3)7-9-13/h4,12H,1,5-9H2,2-3H3. The normalized spacial score (nSPS) is 20.6. The molecule has 0 bridgehead atoms. The second-order valence-corrected chi connectivity index (χ2v) is 4.18. The van der Waals surface area contributed by atoms with Gasteiger partial charge in [0, 0.05) is 25.0 Å². The first-order valence-corrected chi connectivity index (χ1v) is 5.19. The molecule has 1 fully saturated rings. The first-order chi connectivity index (χ1) is 6.61. The fourth-order valence-electron chi connectivity index (χ4n) is 1.75. The first kappa shape index (κ1) is 11.2. The van der Waals surface area contributed by atoms with Gasteiger partial charge in [-0.2, -0.15) is 0 Å². The molecule has 3 heteroatoms. The molecule has 1 aliphatic heterocycles. The topological polar surface area (TPSA) is 32.3 Å². The van der Waals surface area contributed by atoms with Crippen molar-refractivity contribution in [3.63, 3.8) is 0 Å². The van der Waals surface area contributed by atoms with Gasteiger partial charge in [0.05, 0.1) is 0 Å². The average molecular weight is 196 g/mol. The number of carbonyl (C=O) groups excluding carboxylic acids is 1. The second kappa shape index (κ2) is 4.60. The van der Waals surface area contributed by atoms with Crippen LogP contribution in [-0.4, -0.2) is 36.5 Å². The fraction of sp³-hybridized carbons (Fsp3) is 0.727. The highest BCUT2D eigenvalue weighted by atomic mass is 16.2. The van der Waals surface area contributed by atoms with Gasteiger partial charge in [0.15, 0.2) is 0 Å². The summed E-state index contributed by atoms with van der Waals surface area (Å²) >= 11 is 0. The number of hydrogen-bond acceptors (Lipinski definition) is 2. The van der Waals surface area contributed by atoms with Crippen molar-refractivity contribution < 1.29 is 4.79 Å². The van der Waals surface area contributed by atoms with Crippen LogP contribution >= 0.6 is 0 Å². The van der Waals surface area contributed by atoms with E-state index in [9.17, 15) is 4.79 Å². The maximum atomic E-state index is 11.5. The molecule has 1 N–H and O–H groups in total. The Kier molecular flexibility index (Phi) is 3.69. The number of hydrogen-bond donors (Lipinski definition) is 1. The Balaban J connectivity index is 2.42. The third-order valence-electron chi connectivity index (χ3n) is 3.14. The van der Waals surface area contributed by atoms with Gasteiger partial charge in [0.2, 0.25) is 5.91 Å². The van der Waals surface area contributed by atoms with Crippen molar-refractivity contribution >= 4 is 5.91 Å². The predicted molar refractivity (Wildman–Crippen MR) is 58.1 cm³/mol. The smallest absolute Gasteiger partial charge is 0.226 e. The van der Waals surface area contributed by atoms with Crippen LogP contribution in [-0.2, 0) is 4.79 Å². The maximum absolute atomic E-state index is 11.5. The number of nitrogens with one attached hydrogen (secondary N) is 1. The van der Waals surface area contributed by atoms with Crippen LogP contribution in [0, 0.1) is 0 Å². The number of amides is 1. The predicted octanol–water partition coefficient (Wildman–Crippen LogP) is 1.16. The van der Waals surface area contributed by atoms with E-state index in [0.29, 0.717) is 6.42 Å². The van der Waals surface area contributed by atoms with Crippen LogP contribution in [0.2, 0.25) is 0 Å². The van der Waals surface area contributed by atoms with Crippen LogP contribution < -0.4 is 5.32 Å². The van der Waals surface area contributed by atoms with Gasteiger partial charge in [0.1, 0.15) is 0 Å². The molecule has 1 saturated heterocycles. The SMILES string of the molecule is C=CCC(=O)N1CCC(C)(NC)CC1. The first-order valence-electron chi connectivity index (χ1n) is 5.19. The molecule has 1 amide bonds. The lowest BCUT2D eigenvalue weighted by Crippen LogP contribution is -2.51. The minimum atomic E-state index is 0.207. The summed E-state index contributed by atoms with van der Waals surface area (Å²) in [5.41, 5.74) is 0.213. The summed E-state index contributed by atoms with van der Waals surface area (Å²) in [7, 11) is 1.99. The van der Waals surface area contributed by atoms with E-state index in [2.05, 4.69) is 18.8 Å². The van der Waals surface area contributed by atoms with Crippen LogP contribution in [0.1, 0.15) is 26.2 Å². The van der Waals surface area contributed by atoms with Crippen LogP contribution in [0.25, 0.3) is 0 Å². The summed E-state index contributed by atoms with van der Waals surface area (Å²) in [6, 6.07) is 0. The summed E-state index contributed by atoms with van der Waals surface area (Å²) in [5.74, 6) is 0.207. The van der Waals surface area contributed by atoms with Crippen LogP contribution in [0.4, 0.5) is 0 Å². The number of rotatable bonds is 3. The third-order valence-corrected chi connectivity index (χ3v) is 3.14. The second-order valence-electron chi connectivity index (χ2n) is 4.18. The highest BCUT2D eigenvalue weighted by Crippen LogP contribution is 2.21. The van der Waals surface area contributed by atoms with E-state index in [0.717, 1.165) is 25.9 Å². The summed E-state index contributed by atoms with van der Waals surface area (Å²) in [4.78, 5) is 13.5. The lowest BCUT2D eigenvalue weighted by molar-refractivity contribution is -0.131. The van der Waals surface area contributed by atoms with E-state index < -0.39 is 0 Å². The Bertz CT molecular complexity index is 217. The van der Waals surface area contributed by atoms with E-state index in [1.54, 1.807) is 6.08 Å². The molecule has 0 radical (unpaired) electrons. The van der Waals surface area contributed by atoms with Gasteiger partial charge in [-0.3, -0.25) is 4.79 Å². The Labute approximate surface area is 86.2 Å². The Hall–Kier alpha value is -0.830. The average Bonchev–Trinajstić information content (AvgIpc) is 2.19. The van der Waals surface area contributed by atoms with Gasteiger partial charge in [-0.1, -0.05) is 6.08 Å². The van der Waals surface area contributed by atoms with Crippen molar-refractivity contribution in [3.8, 4) is 0 Å². The number of carbonyl (C=O) groups is 1.